The first-order chi connectivity index (χ1) is 12.7. The first-order valence-electron chi connectivity index (χ1n) is 9.37. The molecule has 2 aromatic rings. The first kappa shape index (κ1) is 18.2. The van der Waals surface area contributed by atoms with Crippen molar-refractivity contribution in [1.82, 2.24) is 10.6 Å². The van der Waals surface area contributed by atoms with Gasteiger partial charge in [-0.1, -0.05) is 61.5 Å². The maximum atomic E-state index is 12.4. The number of benzene rings is 2. The fourth-order valence-electron chi connectivity index (χ4n) is 3.46. The Morgan fingerprint density at radius 3 is 2.35 bits per heavy atom. The van der Waals surface area contributed by atoms with Gasteiger partial charge in [-0.15, -0.1) is 0 Å². The zero-order valence-electron chi connectivity index (χ0n) is 15.2. The molecule has 0 radical (unpaired) electrons. The molecule has 0 saturated heterocycles. The van der Waals surface area contributed by atoms with Crippen LogP contribution in [0.2, 0.25) is 0 Å². The Labute approximate surface area is 155 Å². The Bertz CT molecular complexity index is 740. The normalized spacial score (nSPS) is 19.1. The molecule has 1 fully saturated rings. The molecule has 26 heavy (non-hydrogen) atoms. The van der Waals surface area contributed by atoms with E-state index in [9.17, 15) is 9.59 Å². The van der Waals surface area contributed by atoms with E-state index in [1.807, 2.05) is 25.1 Å². The van der Waals surface area contributed by atoms with E-state index in [2.05, 4.69) is 47.0 Å². The molecule has 0 aliphatic heterocycles. The smallest absolute Gasteiger partial charge is 0.223 e. The van der Waals surface area contributed by atoms with Crippen molar-refractivity contribution in [3.05, 3.63) is 60.2 Å². The van der Waals surface area contributed by atoms with Crippen LogP contribution in [0.1, 0.15) is 38.2 Å². The van der Waals surface area contributed by atoms with E-state index in [0.717, 1.165) is 24.8 Å². The maximum Gasteiger partial charge on any atom is 0.223 e. The lowest BCUT2D eigenvalue weighted by molar-refractivity contribution is -0.125. The predicted octanol–water partition coefficient (Wildman–Crippen LogP) is 3.66. The number of nitrogens with one attached hydrogen (secondary N) is 2. The van der Waals surface area contributed by atoms with Crippen molar-refractivity contribution in [2.75, 3.05) is 0 Å². The van der Waals surface area contributed by atoms with Gasteiger partial charge < -0.3 is 10.6 Å². The summed E-state index contributed by atoms with van der Waals surface area (Å²) in [4.78, 5) is 23.9. The van der Waals surface area contributed by atoms with E-state index in [1.165, 1.54) is 11.1 Å². The number of amides is 2. The van der Waals surface area contributed by atoms with Crippen LogP contribution < -0.4 is 10.6 Å². The minimum Gasteiger partial charge on any atom is -0.353 e. The molecule has 136 valence electrons. The first-order valence-corrected chi connectivity index (χ1v) is 9.37. The Morgan fingerprint density at radius 1 is 0.962 bits per heavy atom. The van der Waals surface area contributed by atoms with Gasteiger partial charge in [0.2, 0.25) is 11.8 Å². The molecule has 1 aliphatic carbocycles. The van der Waals surface area contributed by atoms with Crippen LogP contribution in [0.3, 0.4) is 0 Å². The van der Waals surface area contributed by atoms with Crippen molar-refractivity contribution in [3.8, 4) is 11.1 Å². The van der Waals surface area contributed by atoms with E-state index in [1.54, 1.807) is 0 Å². The lowest BCUT2D eigenvalue weighted by Crippen LogP contribution is -2.34. The van der Waals surface area contributed by atoms with Gasteiger partial charge in [0, 0.05) is 24.9 Å². The molecule has 2 aromatic carbocycles. The van der Waals surface area contributed by atoms with Gasteiger partial charge in [-0.3, -0.25) is 9.59 Å². The van der Waals surface area contributed by atoms with Gasteiger partial charge in [-0.2, -0.15) is 0 Å². The van der Waals surface area contributed by atoms with Gasteiger partial charge in [0.15, 0.2) is 0 Å². The summed E-state index contributed by atoms with van der Waals surface area (Å²) >= 11 is 0. The second kappa shape index (κ2) is 8.65. The van der Waals surface area contributed by atoms with Gasteiger partial charge in [-0.05, 0) is 36.0 Å². The molecule has 0 unspecified atom stereocenters. The fourth-order valence-corrected chi connectivity index (χ4v) is 3.46. The second-order valence-corrected chi connectivity index (χ2v) is 6.91. The highest BCUT2D eigenvalue weighted by atomic mass is 16.2. The van der Waals surface area contributed by atoms with Crippen molar-refractivity contribution >= 4 is 11.8 Å². The van der Waals surface area contributed by atoms with Crippen LogP contribution in [0.25, 0.3) is 11.1 Å². The van der Waals surface area contributed by atoms with E-state index < -0.39 is 0 Å². The number of carbonyl (C=O) groups excluding carboxylic acids is 2. The lowest BCUT2D eigenvalue weighted by atomic mass is 10.0. The molecular weight excluding hydrogens is 324 g/mol. The van der Waals surface area contributed by atoms with Crippen molar-refractivity contribution < 1.29 is 9.59 Å². The van der Waals surface area contributed by atoms with Crippen LogP contribution in [0.5, 0.6) is 0 Å². The molecule has 1 aliphatic rings. The van der Waals surface area contributed by atoms with E-state index in [-0.39, 0.29) is 23.8 Å². The van der Waals surface area contributed by atoms with Gasteiger partial charge in [-0.25, -0.2) is 0 Å². The van der Waals surface area contributed by atoms with Crippen molar-refractivity contribution in [2.45, 2.75) is 45.2 Å². The van der Waals surface area contributed by atoms with E-state index >= 15 is 0 Å². The number of hydrogen-bond acceptors (Lipinski definition) is 2. The standard InChI is InChI=1S/C22H26N2O2/c1-2-21(25)24-20-13-12-19(14-20)22(26)23-15-16-8-10-18(11-9-16)17-6-4-3-5-7-17/h3-11,19-20H,2,12-15H2,1H3,(H,23,26)(H,24,25)/t19-,20+/m1/s1. The largest absolute Gasteiger partial charge is 0.353 e. The molecule has 0 heterocycles. The summed E-state index contributed by atoms with van der Waals surface area (Å²) in [6, 6.07) is 18.7. The molecule has 1 saturated carbocycles. The highest BCUT2D eigenvalue weighted by molar-refractivity contribution is 5.80. The van der Waals surface area contributed by atoms with Crippen molar-refractivity contribution in [3.63, 3.8) is 0 Å². The summed E-state index contributed by atoms with van der Waals surface area (Å²) in [5, 5.41) is 6.03. The third kappa shape index (κ3) is 4.72. The Balaban J connectivity index is 1.48. The van der Waals surface area contributed by atoms with Gasteiger partial charge in [0.05, 0.1) is 0 Å². The molecule has 4 heteroatoms. The van der Waals surface area contributed by atoms with Crippen molar-refractivity contribution in [2.24, 2.45) is 5.92 Å². The highest BCUT2D eigenvalue weighted by Crippen LogP contribution is 2.26. The Morgan fingerprint density at radius 2 is 1.65 bits per heavy atom. The minimum absolute atomic E-state index is 0.000693. The molecule has 2 atom stereocenters. The van der Waals surface area contributed by atoms with E-state index in [4.69, 9.17) is 0 Å². The number of rotatable bonds is 6. The molecule has 0 spiro atoms. The molecule has 3 rings (SSSR count). The van der Waals surface area contributed by atoms with Gasteiger partial charge >= 0.3 is 0 Å². The second-order valence-electron chi connectivity index (χ2n) is 6.91. The zero-order chi connectivity index (χ0) is 18.4. The van der Waals surface area contributed by atoms with E-state index in [0.29, 0.717) is 13.0 Å². The minimum atomic E-state index is 0.000693. The van der Waals surface area contributed by atoms with Crippen LogP contribution in [-0.4, -0.2) is 17.9 Å². The summed E-state index contributed by atoms with van der Waals surface area (Å²) < 4.78 is 0. The molecule has 0 aromatic heterocycles. The highest BCUT2D eigenvalue weighted by Gasteiger charge is 2.30. The third-order valence-corrected chi connectivity index (χ3v) is 5.02. The topological polar surface area (TPSA) is 58.2 Å². The van der Waals surface area contributed by atoms with Crippen LogP contribution in [0.4, 0.5) is 0 Å². The molecule has 2 amide bonds. The summed E-state index contributed by atoms with van der Waals surface area (Å²) in [6.07, 6.45) is 2.96. The Hall–Kier alpha value is -2.62. The SMILES string of the molecule is CCC(=O)N[C@H]1CC[C@@H](C(=O)NCc2ccc(-c3ccccc3)cc2)C1. The molecule has 4 nitrogen and oxygen atoms in total. The fraction of sp³-hybridized carbons (Fsp3) is 0.364. The predicted molar refractivity (Wildman–Crippen MR) is 103 cm³/mol. The van der Waals surface area contributed by atoms with Crippen LogP contribution in [0.15, 0.2) is 54.6 Å². The monoisotopic (exact) mass is 350 g/mol. The number of carbonyl (C=O) groups is 2. The van der Waals surface area contributed by atoms with Crippen molar-refractivity contribution in [1.29, 1.82) is 0 Å². The molecule has 0 bridgehead atoms. The van der Waals surface area contributed by atoms with Crippen LogP contribution in [0, 0.1) is 5.92 Å². The maximum absolute atomic E-state index is 12.4. The summed E-state index contributed by atoms with van der Waals surface area (Å²) in [5.41, 5.74) is 3.45. The Kier molecular flexibility index (Phi) is 6.05. The zero-order valence-corrected chi connectivity index (χ0v) is 15.2. The lowest BCUT2D eigenvalue weighted by Gasteiger charge is -2.13. The average molecular weight is 350 g/mol. The average Bonchev–Trinajstić information content (AvgIpc) is 3.15. The molecular formula is C22H26N2O2. The van der Waals surface area contributed by atoms with Gasteiger partial charge in [0.1, 0.15) is 0 Å². The van der Waals surface area contributed by atoms with Gasteiger partial charge in [0.25, 0.3) is 0 Å². The van der Waals surface area contributed by atoms with Crippen LogP contribution in [-0.2, 0) is 16.1 Å². The van der Waals surface area contributed by atoms with Crippen LogP contribution >= 0.6 is 0 Å². The quantitative estimate of drug-likeness (QED) is 0.835. The molecule has 2 N–H and O–H groups in total. The third-order valence-electron chi connectivity index (χ3n) is 5.02. The summed E-state index contributed by atoms with van der Waals surface area (Å²) in [6.45, 7) is 2.38. The summed E-state index contributed by atoms with van der Waals surface area (Å²) in [7, 11) is 0. The number of hydrogen-bond donors (Lipinski definition) is 2. The summed E-state index contributed by atoms with van der Waals surface area (Å²) in [5.74, 6) is 0.153.